The van der Waals surface area contributed by atoms with Crippen molar-refractivity contribution in [3.8, 4) is 5.75 Å². The first kappa shape index (κ1) is 12.7. The number of nitrogens with one attached hydrogen (secondary N) is 1. The summed E-state index contributed by atoms with van der Waals surface area (Å²) >= 11 is 0. The molecular weight excluding hydrogens is 224 g/mol. The van der Waals surface area contributed by atoms with E-state index >= 15 is 0 Å². The SMILES string of the molecule is CCCc1cc(NC)c2cc(OCC)ccc2n1. The largest absolute Gasteiger partial charge is 0.494 e. The van der Waals surface area contributed by atoms with Crippen LogP contribution >= 0.6 is 0 Å². The Bertz CT molecular complexity index is 537. The second-order valence-electron chi connectivity index (χ2n) is 4.27. The fourth-order valence-corrected chi connectivity index (χ4v) is 2.11. The van der Waals surface area contributed by atoms with E-state index in [0.717, 1.165) is 40.9 Å². The highest BCUT2D eigenvalue weighted by atomic mass is 16.5. The first-order valence-corrected chi connectivity index (χ1v) is 6.52. The predicted molar refractivity (Wildman–Crippen MR) is 76.5 cm³/mol. The molecular formula is C15H20N2O. The number of benzene rings is 1. The highest BCUT2D eigenvalue weighted by Crippen LogP contribution is 2.27. The fraction of sp³-hybridized carbons (Fsp3) is 0.400. The summed E-state index contributed by atoms with van der Waals surface area (Å²) in [6.07, 6.45) is 2.12. The van der Waals surface area contributed by atoms with Crippen LogP contribution in [0.15, 0.2) is 24.3 Å². The molecule has 0 spiro atoms. The Hall–Kier alpha value is -1.77. The third-order valence-electron chi connectivity index (χ3n) is 2.92. The molecule has 0 unspecified atom stereocenters. The van der Waals surface area contributed by atoms with Gasteiger partial charge >= 0.3 is 0 Å². The van der Waals surface area contributed by atoms with Gasteiger partial charge in [0.15, 0.2) is 0 Å². The average Bonchev–Trinajstić information content (AvgIpc) is 2.39. The van der Waals surface area contributed by atoms with Crippen molar-refractivity contribution in [1.82, 2.24) is 4.98 Å². The molecule has 1 aromatic carbocycles. The first-order chi connectivity index (χ1) is 8.78. The van der Waals surface area contributed by atoms with E-state index < -0.39 is 0 Å². The molecule has 2 aromatic rings. The molecule has 1 N–H and O–H groups in total. The van der Waals surface area contributed by atoms with Crippen molar-refractivity contribution < 1.29 is 4.74 Å². The zero-order chi connectivity index (χ0) is 13.0. The maximum absolute atomic E-state index is 5.54. The molecule has 0 saturated heterocycles. The van der Waals surface area contributed by atoms with Gasteiger partial charge in [-0.25, -0.2) is 0 Å². The van der Waals surface area contributed by atoms with Crippen LogP contribution in [-0.4, -0.2) is 18.6 Å². The second-order valence-corrected chi connectivity index (χ2v) is 4.27. The Morgan fingerprint density at radius 2 is 2.06 bits per heavy atom. The molecule has 0 radical (unpaired) electrons. The van der Waals surface area contributed by atoms with Gasteiger partial charge in [0.25, 0.3) is 0 Å². The van der Waals surface area contributed by atoms with Crippen molar-refractivity contribution in [2.45, 2.75) is 26.7 Å². The Labute approximate surface area is 108 Å². The van der Waals surface area contributed by atoms with Gasteiger partial charge in [0.1, 0.15) is 5.75 Å². The molecule has 3 nitrogen and oxygen atoms in total. The third-order valence-corrected chi connectivity index (χ3v) is 2.92. The van der Waals surface area contributed by atoms with Crippen LogP contribution in [0, 0.1) is 0 Å². The lowest BCUT2D eigenvalue weighted by Gasteiger charge is -2.10. The van der Waals surface area contributed by atoms with Gasteiger partial charge in [-0.15, -0.1) is 0 Å². The number of rotatable bonds is 5. The van der Waals surface area contributed by atoms with Crippen LogP contribution in [-0.2, 0) is 6.42 Å². The van der Waals surface area contributed by atoms with Crippen molar-refractivity contribution >= 4 is 16.6 Å². The molecule has 0 saturated carbocycles. The summed E-state index contributed by atoms with van der Waals surface area (Å²) < 4.78 is 5.54. The second kappa shape index (κ2) is 5.71. The lowest BCUT2D eigenvalue weighted by Crippen LogP contribution is -1.97. The van der Waals surface area contributed by atoms with E-state index in [1.165, 1.54) is 0 Å². The van der Waals surface area contributed by atoms with Gasteiger partial charge in [0.2, 0.25) is 0 Å². The number of hydrogen-bond donors (Lipinski definition) is 1. The number of fused-ring (bicyclic) bond motifs is 1. The molecule has 0 aliphatic heterocycles. The van der Waals surface area contributed by atoms with E-state index in [-0.39, 0.29) is 0 Å². The van der Waals surface area contributed by atoms with Crippen LogP contribution in [0.5, 0.6) is 5.75 Å². The molecule has 1 heterocycles. The fourth-order valence-electron chi connectivity index (χ4n) is 2.11. The molecule has 96 valence electrons. The van der Waals surface area contributed by atoms with Gasteiger partial charge < -0.3 is 10.1 Å². The minimum absolute atomic E-state index is 0.682. The number of ether oxygens (including phenoxy) is 1. The van der Waals surface area contributed by atoms with Crippen LogP contribution < -0.4 is 10.1 Å². The van der Waals surface area contributed by atoms with Crippen molar-refractivity contribution in [2.24, 2.45) is 0 Å². The molecule has 0 aliphatic rings. The molecule has 1 aromatic heterocycles. The highest BCUT2D eigenvalue weighted by molar-refractivity contribution is 5.92. The topological polar surface area (TPSA) is 34.1 Å². The standard InChI is InChI=1S/C15H20N2O/c1-4-6-11-9-15(16-3)13-10-12(18-5-2)7-8-14(13)17-11/h7-10H,4-6H2,1-3H3,(H,16,17). The van der Waals surface area contributed by atoms with E-state index in [0.29, 0.717) is 6.61 Å². The van der Waals surface area contributed by atoms with Crippen LogP contribution in [0.2, 0.25) is 0 Å². The van der Waals surface area contributed by atoms with Crippen molar-refractivity contribution in [3.63, 3.8) is 0 Å². The summed E-state index contributed by atoms with van der Waals surface area (Å²) in [6, 6.07) is 8.18. The van der Waals surface area contributed by atoms with Crippen LogP contribution in [0.4, 0.5) is 5.69 Å². The van der Waals surface area contributed by atoms with Crippen LogP contribution in [0.1, 0.15) is 26.0 Å². The monoisotopic (exact) mass is 244 g/mol. The molecule has 18 heavy (non-hydrogen) atoms. The van der Waals surface area contributed by atoms with Crippen molar-refractivity contribution in [3.05, 3.63) is 30.0 Å². The minimum atomic E-state index is 0.682. The van der Waals surface area contributed by atoms with Crippen molar-refractivity contribution in [1.29, 1.82) is 0 Å². The predicted octanol–water partition coefficient (Wildman–Crippen LogP) is 3.63. The van der Waals surface area contributed by atoms with E-state index in [1.807, 2.05) is 32.2 Å². The minimum Gasteiger partial charge on any atom is -0.494 e. The van der Waals surface area contributed by atoms with Crippen LogP contribution in [0.3, 0.4) is 0 Å². The van der Waals surface area contributed by atoms with Gasteiger partial charge in [-0.1, -0.05) is 13.3 Å². The molecule has 0 atom stereocenters. The molecule has 0 aliphatic carbocycles. The first-order valence-electron chi connectivity index (χ1n) is 6.52. The van der Waals surface area contributed by atoms with E-state index in [4.69, 9.17) is 4.74 Å². The zero-order valence-corrected chi connectivity index (χ0v) is 11.3. The molecule has 3 heteroatoms. The average molecular weight is 244 g/mol. The van der Waals surface area contributed by atoms with Crippen LogP contribution in [0.25, 0.3) is 10.9 Å². The van der Waals surface area contributed by atoms with E-state index in [9.17, 15) is 0 Å². The molecule has 2 rings (SSSR count). The number of anilines is 1. The van der Waals surface area contributed by atoms with Gasteiger partial charge in [-0.2, -0.15) is 0 Å². The number of nitrogens with zero attached hydrogens (tertiary/aromatic N) is 1. The smallest absolute Gasteiger partial charge is 0.120 e. The summed E-state index contributed by atoms with van der Waals surface area (Å²) in [4.78, 5) is 4.68. The number of pyridine rings is 1. The zero-order valence-electron chi connectivity index (χ0n) is 11.3. The summed E-state index contributed by atoms with van der Waals surface area (Å²) in [6.45, 7) is 4.84. The summed E-state index contributed by atoms with van der Waals surface area (Å²) in [7, 11) is 1.94. The van der Waals surface area contributed by atoms with Gasteiger partial charge in [-0.05, 0) is 37.6 Å². The summed E-state index contributed by atoms with van der Waals surface area (Å²) in [5.41, 5.74) is 3.28. The summed E-state index contributed by atoms with van der Waals surface area (Å²) in [5, 5.41) is 4.36. The number of hydrogen-bond acceptors (Lipinski definition) is 3. The Kier molecular flexibility index (Phi) is 4.03. The van der Waals surface area contributed by atoms with Gasteiger partial charge in [0.05, 0.1) is 12.1 Å². The summed E-state index contributed by atoms with van der Waals surface area (Å²) in [5.74, 6) is 0.895. The third kappa shape index (κ3) is 2.55. The highest BCUT2D eigenvalue weighted by Gasteiger charge is 2.06. The lowest BCUT2D eigenvalue weighted by molar-refractivity contribution is 0.340. The molecule has 0 fully saturated rings. The molecule has 0 amide bonds. The Morgan fingerprint density at radius 3 is 2.72 bits per heavy atom. The maximum Gasteiger partial charge on any atom is 0.120 e. The maximum atomic E-state index is 5.54. The molecule has 0 bridgehead atoms. The Balaban J connectivity index is 2.52. The Morgan fingerprint density at radius 1 is 1.22 bits per heavy atom. The lowest BCUT2D eigenvalue weighted by atomic mass is 10.1. The quantitative estimate of drug-likeness (QED) is 0.872. The number of aryl methyl sites for hydroxylation is 1. The van der Waals surface area contributed by atoms with E-state index in [1.54, 1.807) is 0 Å². The number of aromatic nitrogens is 1. The van der Waals surface area contributed by atoms with E-state index in [2.05, 4.69) is 23.3 Å². The van der Waals surface area contributed by atoms with Gasteiger partial charge in [0, 0.05) is 23.8 Å². The normalized spacial score (nSPS) is 10.6. The van der Waals surface area contributed by atoms with Crippen molar-refractivity contribution in [2.75, 3.05) is 19.0 Å². The van der Waals surface area contributed by atoms with Gasteiger partial charge in [-0.3, -0.25) is 4.98 Å².